The Hall–Kier alpha value is -2.69. The smallest absolute Gasteiger partial charge is 0.356 e. The summed E-state index contributed by atoms with van der Waals surface area (Å²) in [5.74, 6) is -1.08. The minimum Gasteiger partial charge on any atom is -0.476 e. The van der Waals surface area contributed by atoms with Crippen LogP contribution in [0.25, 0.3) is 22.3 Å². The number of hydrogen-bond donors (Lipinski definition) is 2. The number of para-hydroxylation sites is 1. The lowest BCUT2D eigenvalue weighted by atomic mass is 10.2. The summed E-state index contributed by atoms with van der Waals surface area (Å²) in [7, 11) is 0. The van der Waals surface area contributed by atoms with Crippen LogP contribution in [0.15, 0.2) is 42.7 Å². The molecular weight excluding hydrogens is 230 g/mol. The normalized spacial score (nSPS) is 10.7. The average molecular weight is 239 g/mol. The molecule has 3 rings (SSSR count). The Morgan fingerprint density at radius 2 is 2.06 bits per heavy atom. The average Bonchev–Trinajstić information content (AvgIpc) is 2.82. The van der Waals surface area contributed by atoms with Crippen LogP contribution in [0.5, 0.6) is 0 Å². The molecule has 5 heteroatoms. The van der Waals surface area contributed by atoms with Gasteiger partial charge in [-0.1, -0.05) is 18.2 Å². The van der Waals surface area contributed by atoms with Crippen LogP contribution < -0.4 is 0 Å². The Balaban J connectivity index is 2.13. The molecule has 0 aliphatic heterocycles. The van der Waals surface area contributed by atoms with E-state index in [0.717, 1.165) is 16.6 Å². The highest BCUT2D eigenvalue weighted by atomic mass is 16.4. The monoisotopic (exact) mass is 239 g/mol. The Labute approximate surface area is 102 Å². The number of carboxylic acid groups (broad SMARTS) is 1. The van der Waals surface area contributed by atoms with Crippen molar-refractivity contribution in [3.05, 3.63) is 48.4 Å². The molecule has 5 nitrogen and oxygen atoms in total. The van der Waals surface area contributed by atoms with Gasteiger partial charge in [-0.05, 0) is 12.1 Å². The minimum atomic E-state index is -1.08. The number of aromatic carboxylic acids is 1. The van der Waals surface area contributed by atoms with Crippen molar-refractivity contribution < 1.29 is 9.90 Å². The van der Waals surface area contributed by atoms with Gasteiger partial charge in [0.25, 0.3) is 0 Å². The summed E-state index contributed by atoms with van der Waals surface area (Å²) in [5.41, 5.74) is 2.19. The molecular formula is C13H9N3O2. The molecule has 2 N–H and O–H groups in total. The zero-order valence-corrected chi connectivity index (χ0v) is 9.29. The van der Waals surface area contributed by atoms with Crippen molar-refractivity contribution in [1.29, 1.82) is 0 Å². The molecule has 0 spiro atoms. The fraction of sp³-hybridized carbons (Fsp3) is 0. The molecule has 0 saturated heterocycles. The van der Waals surface area contributed by atoms with Crippen LogP contribution in [0.3, 0.4) is 0 Å². The number of carboxylic acids is 1. The van der Waals surface area contributed by atoms with Gasteiger partial charge in [0.1, 0.15) is 5.69 Å². The molecule has 0 radical (unpaired) electrons. The van der Waals surface area contributed by atoms with E-state index in [-0.39, 0.29) is 5.69 Å². The van der Waals surface area contributed by atoms with E-state index in [4.69, 9.17) is 5.11 Å². The van der Waals surface area contributed by atoms with Crippen molar-refractivity contribution in [2.75, 3.05) is 0 Å². The van der Waals surface area contributed by atoms with Crippen molar-refractivity contribution in [3.8, 4) is 11.4 Å². The van der Waals surface area contributed by atoms with Gasteiger partial charge < -0.3 is 10.1 Å². The number of benzene rings is 1. The molecule has 0 aliphatic carbocycles. The second-order valence-electron chi connectivity index (χ2n) is 3.86. The molecule has 0 saturated carbocycles. The SMILES string of the molecule is O=C(O)c1cncc(-c2cc3ccccc3[nH]2)n1. The maximum Gasteiger partial charge on any atom is 0.356 e. The second-order valence-corrected chi connectivity index (χ2v) is 3.86. The fourth-order valence-corrected chi connectivity index (χ4v) is 1.81. The van der Waals surface area contributed by atoms with E-state index in [1.807, 2.05) is 30.3 Å². The number of carbonyl (C=O) groups is 1. The molecule has 0 unspecified atom stereocenters. The van der Waals surface area contributed by atoms with Crippen LogP contribution in [-0.4, -0.2) is 26.0 Å². The molecule has 18 heavy (non-hydrogen) atoms. The molecule has 1 aromatic carbocycles. The molecule has 2 heterocycles. The molecule has 0 bridgehead atoms. The maximum absolute atomic E-state index is 10.8. The minimum absolute atomic E-state index is 0.0637. The lowest BCUT2D eigenvalue weighted by Crippen LogP contribution is -2.01. The summed E-state index contributed by atoms with van der Waals surface area (Å²) >= 11 is 0. The molecule has 0 aliphatic rings. The van der Waals surface area contributed by atoms with Crippen molar-refractivity contribution in [1.82, 2.24) is 15.0 Å². The fourth-order valence-electron chi connectivity index (χ4n) is 1.81. The zero-order valence-electron chi connectivity index (χ0n) is 9.29. The Morgan fingerprint density at radius 3 is 2.83 bits per heavy atom. The van der Waals surface area contributed by atoms with E-state index in [0.29, 0.717) is 5.69 Å². The van der Waals surface area contributed by atoms with Crippen molar-refractivity contribution >= 4 is 16.9 Å². The van der Waals surface area contributed by atoms with Crippen LogP contribution in [0, 0.1) is 0 Å². The summed E-state index contributed by atoms with van der Waals surface area (Å²) < 4.78 is 0. The van der Waals surface area contributed by atoms with Gasteiger partial charge >= 0.3 is 5.97 Å². The van der Waals surface area contributed by atoms with Crippen LogP contribution in [0.4, 0.5) is 0 Å². The number of nitrogens with zero attached hydrogens (tertiary/aromatic N) is 2. The van der Waals surface area contributed by atoms with Crippen molar-refractivity contribution in [2.24, 2.45) is 0 Å². The molecule has 0 amide bonds. The van der Waals surface area contributed by atoms with Gasteiger partial charge in [0.15, 0.2) is 5.69 Å². The van der Waals surface area contributed by atoms with E-state index < -0.39 is 5.97 Å². The van der Waals surface area contributed by atoms with E-state index in [9.17, 15) is 4.79 Å². The van der Waals surface area contributed by atoms with Crippen LogP contribution in [-0.2, 0) is 0 Å². The number of fused-ring (bicyclic) bond motifs is 1. The third-order valence-electron chi connectivity index (χ3n) is 2.66. The highest BCUT2D eigenvalue weighted by molar-refractivity contribution is 5.87. The third kappa shape index (κ3) is 1.71. The number of hydrogen-bond acceptors (Lipinski definition) is 3. The predicted octanol–water partition coefficient (Wildman–Crippen LogP) is 2.32. The van der Waals surface area contributed by atoms with E-state index >= 15 is 0 Å². The van der Waals surface area contributed by atoms with Gasteiger partial charge in [-0.3, -0.25) is 4.98 Å². The second kappa shape index (κ2) is 3.96. The first-order valence-electron chi connectivity index (χ1n) is 5.37. The standard InChI is InChI=1S/C13H9N3O2/c17-13(18)12-7-14-6-11(16-12)10-5-8-3-1-2-4-9(8)15-10/h1-7,15H,(H,17,18). The van der Waals surface area contributed by atoms with Gasteiger partial charge in [-0.15, -0.1) is 0 Å². The summed E-state index contributed by atoms with van der Waals surface area (Å²) in [6.07, 6.45) is 2.77. The summed E-state index contributed by atoms with van der Waals surface area (Å²) in [4.78, 5) is 22.0. The highest BCUT2D eigenvalue weighted by Gasteiger charge is 2.09. The topological polar surface area (TPSA) is 78.9 Å². The van der Waals surface area contributed by atoms with Gasteiger partial charge in [0.2, 0.25) is 0 Å². The first kappa shape index (κ1) is 10.5. The summed E-state index contributed by atoms with van der Waals surface area (Å²) in [6, 6.07) is 9.73. The third-order valence-corrected chi connectivity index (χ3v) is 2.66. The Bertz CT molecular complexity index is 701. The number of nitrogens with one attached hydrogen (secondary N) is 1. The number of H-pyrrole nitrogens is 1. The summed E-state index contributed by atoms with van der Waals surface area (Å²) in [6.45, 7) is 0. The lowest BCUT2D eigenvalue weighted by molar-refractivity contribution is 0.0690. The van der Waals surface area contributed by atoms with Crippen molar-refractivity contribution in [2.45, 2.75) is 0 Å². The van der Waals surface area contributed by atoms with Crippen LogP contribution in [0.1, 0.15) is 10.5 Å². The largest absolute Gasteiger partial charge is 0.476 e. The molecule has 2 aromatic heterocycles. The quantitative estimate of drug-likeness (QED) is 0.719. The predicted molar refractivity (Wildman–Crippen MR) is 66.3 cm³/mol. The van der Waals surface area contributed by atoms with E-state index in [1.54, 1.807) is 0 Å². The molecule has 3 aromatic rings. The zero-order chi connectivity index (χ0) is 12.5. The number of aromatic amines is 1. The highest BCUT2D eigenvalue weighted by Crippen LogP contribution is 2.21. The number of rotatable bonds is 2. The van der Waals surface area contributed by atoms with Gasteiger partial charge in [0, 0.05) is 10.9 Å². The van der Waals surface area contributed by atoms with E-state index in [2.05, 4.69) is 15.0 Å². The Kier molecular flexibility index (Phi) is 2.30. The maximum atomic E-state index is 10.8. The van der Waals surface area contributed by atoms with Crippen molar-refractivity contribution in [3.63, 3.8) is 0 Å². The van der Waals surface area contributed by atoms with E-state index in [1.165, 1.54) is 12.4 Å². The summed E-state index contributed by atoms with van der Waals surface area (Å²) in [5, 5.41) is 9.93. The molecule has 0 fully saturated rings. The van der Waals surface area contributed by atoms with Gasteiger partial charge in [0.05, 0.1) is 18.1 Å². The first-order chi connectivity index (χ1) is 8.74. The molecule has 0 atom stereocenters. The Morgan fingerprint density at radius 1 is 1.22 bits per heavy atom. The number of aromatic nitrogens is 3. The van der Waals surface area contributed by atoms with Gasteiger partial charge in [-0.2, -0.15) is 0 Å². The first-order valence-corrected chi connectivity index (χ1v) is 5.37. The van der Waals surface area contributed by atoms with Crippen LogP contribution >= 0.6 is 0 Å². The lowest BCUT2D eigenvalue weighted by Gasteiger charge is -1.97. The molecule has 88 valence electrons. The van der Waals surface area contributed by atoms with Gasteiger partial charge in [-0.25, -0.2) is 9.78 Å². The van der Waals surface area contributed by atoms with Crippen LogP contribution in [0.2, 0.25) is 0 Å².